The van der Waals surface area contributed by atoms with Crippen LogP contribution in [-0.4, -0.2) is 17.5 Å². The van der Waals surface area contributed by atoms with Gasteiger partial charge in [0.05, 0.1) is 6.61 Å². The Balaban J connectivity index is 1.67. The Morgan fingerprint density at radius 1 is 1.33 bits per heavy atom. The summed E-state index contributed by atoms with van der Waals surface area (Å²) in [5, 5.41) is 3.50. The van der Waals surface area contributed by atoms with Gasteiger partial charge in [0.2, 0.25) is 5.91 Å². The van der Waals surface area contributed by atoms with Crippen molar-refractivity contribution in [3.63, 3.8) is 0 Å². The van der Waals surface area contributed by atoms with E-state index in [0.29, 0.717) is 30.5 Å². The predicted octanol–water partition coefficient (Wildman–Crippen LogP) is 4.06. The molecule has 2 rings (SSSR count). The largest absolute Gasteiger partial charge is 0.494 e. The molecule has 0 unspecified atom stereocenters. The van der Waals surface area contributed by atoms with E-state index in [0.717, 1.165) is 5.75 Å². The van der Waals surface area contributed by atoms with Crippen molar-refractivity contribution in [3.8, 4) is 5.75 Å². The molecule has 2 aromatic rings. The molecule has 1 aromatic heterocycles. The Morgan fingerprint density at radius 2 is 2.10 bits per heavy atom. The number of nitrogens with one attached hydrogen (secondary N) is 1. The number of benzene rings is 1. The average Bonchev–Trinajstić information content (AvgIpc) is 2.93. The van der Waals surface area contributed by atoms with Crippen LogP contribution in [0.25, 0.3) is 0 Å². The molecule has 0 aliphatic heterocycles. The van der Waals surface area contributed by atoms with Gasteiger partial charge in [-0.15, -0.1) is 11.3 Å². The van der Waals surface area contributed by atoms with Gasteiger partial charge in [0.25, 0.3) is 0 Å². The van der Waals surface area contributed by atoms with Crippen molar-refractivity contribution in [2.24, 2.45) is 0 Å². The number of nitrogens with zero attached hydrogens (tertiary/aromatic N) is 1. The Kier molecular flexibility index (Phi) is 5.75. The lowest BCUT2D eigenvalue weighted by atomic mass is 10.2. The molecular weight excluding hydrogens is 284 g/mol. The number of hydrogen-bond donors (Lipinski definition) is 1. The van der Waals surface area contributed by atoms with E-state index in [4.69, 9.17) is 4.74 Å². The first-order chi connectivity index (χ1) is 10.1. The van der Waals surface area contributed by atoms with Gasteiger partial charge in [0, 0.05) is 17.5 Å². The highest BCUT2D eigenvalue weighted by molar-refractivity contribution is 7.15. The molecule has 5 heteroatoms. The molecule has 0 radical (unpaired) electrons. The third kappa shape index (κ3) is 5.19. The molecule has 0 saturated heterocycles. The predicted molar refractivity (Wildman–Crippen MR) is 86.0 cm³/mol. The highest BCUT2D eigenvalue weighted by atomic mass is 32.1. The van der Waals surface area contributed by atoms with Gasteiger partial charge in [-0.2, -0.15) is 0 Å². The number of aromatic nitrogens is 1. The molecule has 0 spiro atoms. The number of ether oxygens (including phenoxy) is 1. The molecule has 0 saturated carbocycles. The standard InChI is InChI=1S/C16H20N2O2S/c1-12(2)14-11-17-16(21-14)18-15(19)9-6-10-20-13-7-4-3-5-8-13/h3-5,7-8,11-12H,6,9-10H2,1-2H3,(H,17,18,19). The fourth-order valence-electron chi connectivity index (χ4n) is 1.73. The zero-order chi connectivity index (χ0) is 15.1. The highest BCUT2D eigenvalue weighted by Crippen LogP contribution is 2.25. The van der Waals surface area contributed by atoms with Gasteiger partial charge in [-0.25, -0.2) is 4.98 Å². The minimum atomic E-state index is -0.0173. The zero-order valence-corrected chi connectivity index (χ0v) is 13.2. The summed E-state index contributed by atoms with van der Waals surface area (Å²) in [6, 6.07) is 9.61. The van der Waals surface area contributed by atoms with E-state index in [1.165, 1.54) is 16.2 Å². The molecule has 0 aliphatic rings. The lowest BCUT2D eigenvalue weighted by molar-refractivity contribution is -0.116. The third-order valence-electron chi connectivity index (χ3n) is 2.90. The SMILES string of the molecule is CC(C)c1cnc(NC(=O)CCCOc2ccccc2)s1. The van der Waals surface area contributed by atoms with Crippen molar-refractivity contribution in [2.75, 3.05) is 11.9 Å². The highest BCUT2D eigenvalue weighted by Gasteiger charge is 2.08. The summed E-state index contributed by atoms with van der Waals surface area (Å²) in [4.78, 5) is 17.2. The van der Waals surface area contributed by atoms with Gasteiger partial charge in [-0.1, -0.05) is 32.0 Å². The molecule has 0 bridgehead atoms. The van der Waals surface area contributed by atoms with Crippen LogP contribution in [-0.2, 0) is 4.79 Å². The van der Waals surface area contributed by atoms with Gasteiger partial charge in [-0.05, 0) is 24.5 Å². The maximum Gasteiger partial charge on any atom is 0.226 e. The van der Waals surface area contributed by atoms with Crippen molar-refractivity contribution in [3.05, 3.63) is 41.4 Å². The summed E-state index contributed by atoms with van der Waals surface area (Å²) in [6.45, 7) is 4.76. The fourth-order valence-corrected chi connectivity index (χ4v) is 2.57. The molecule has 0 aliphatic carbocycles. The van der Waals surface area contributed by atoms with Crippen LogP contribution in [0.15, 0.2) is 36.5 Å². The van der Waals surface area contributed by atoms with Crippen molar-refractivity contribution < 1.29 is 9.53 Å². The first kappa shape index (κ1) is 15.5. The first-order valence-corrected chi connectivity index (χ1v) is 7.90. The van der Waals surface area contributed by atoms with E-state index < -0.39 is 0 Å². The van der Waals surface area contributed by atoms with Gasteiger partial charge in [0.1, 0.15) is 5.75 Å². The summed E-state index contributed by atoms with van der Waals surface area (Å²) in [6.07, 6.45) is 2.94. The molecule has 112 valence electrons. The van der Waals surface area contributed by atoms with Crippen LogP contribution >= 0.6 is 11.3 Å². The molecule has 1 N–H and O–H groups in total. The van der Waals surface area contributed by atoms with Gasteiger partial charge in [-0.3, -0.25) is 4.79 Å². The number of carbonyl (C=O) groups is 1. The number of hydrogen-bond acceptors (Lipinski definition) is 4. The minimum Gasteiger partial charge on any atom is -0.494 e. The molecule has 1 heterocycles. The molecule has 21 heavy (non-hydrogen) atoms. The zero-order valence-electron chi connectivity index (χ0n) is 12.3. The summed E-state index contributed by atoms with van der Waals surface area (Å²) in [5.74, 6) is 1.25. The number of thiazole rings is 1. The molecule has 0 fully saturated rings. The Labute approximate surface area is 129 Å². The van der Waals surface area contributed by atoms with E-state index in [2.05, 4.69) is 24.1 Å². The van der Waals surface area contributed by atoms with Crippen LogP contribution < -0.4 is 10.1 Å². The van der Waals surface area contributed by atoms with Crippen molar-refractivity contribution in [2.45, 2.75) is 32.6 Å². The molecular formula is C16H20N2O2S. The Bertz CT molecular complexity index is 567. The molecule has 4 nitrogen and oxygen atoms in total. The molecule has 1 aromatic carbocycles. The van der Waals surface area contributed by atoms with Crippen LogP contribution in [0.2, 0.25) is 0 Å². The van der Waals surface area contributed by atoms with Gasteiger partial charge >= 0.3 is 0 Å². The second-order valence-electron chi connectivity index (χ2n) is 5.04. The van der Waals surface area contributed by atoms with Gasteiger partial charge < -0.3 is 10.1 Å². The number of amides is 1. The number of carbonyl (C=O) groups excluding carboxylic acids is 1. The lowest BCUT2D eigenvalue weighted by Crippen LogP contribution is -2.12. The number of rotatable bonds is 7. The van der Waals surface area contributed by atoms with Crippen LogP contribution in [0.3, 0.4) is 0 Å². The minimum absolute atomic E-state index is 0.0173. The lowest BCUT2D eigenvalue weighted by Gasteiger charge is -2.05. The van der Waals surface area contributed by atoms with Crippen LogP contribution in [0, 0.1) is 0 Å². The fraction of sp³-hybridized carbons (Fsp3) is 0.375. The van der Waals surface area contributed by atoms with E-state index >= 15 is 0 Å². The average molecular weight is 304 g/mol. The van der Waals surface area contributed by atoms with E-state index in [9.17, 15) is 4.79 Å². The van der Waals surface area contributed by atoms with Crippen LogP contribution in [0.4, 0.5) is 5.13 Å². The maximum absolute atomic E-state index is 11.8. The van der Waals surface area contributed by atoms with Gasteiger partial charge in [0.15, 0.2) is 5.13 Å². The topological polar surface area (TPSA) is 51.2 Å². The van der Waals surface area contributed by atoms with E-state index in [1.807, 2.05) is 36.5 Å². The smallest absolute Gasteiger partial charge is 0.226 e. The Hall–Kier alpha value is -1.88. The second-order valence-corrected chi connectivity index (χ2v) is 6.10. The monoisotopic (exact) mass is 304 g/mol. The third-order valence-corrected chi connectivity index (χ3v) is 4.11. The summed E-state index contributed by atoms with van der Waals surface area (Å²) < 4.78 is 5.55. The maximum atomic E-state index is 11.8. The summed E-state index contributed by atoms with van der Waals surface area (Å²) in [5.41, 5.74) is 0. The van der Waals surface area contributed by atoms with Crippen LogP contribution in [0.1, 0.15) is 37.5 Å². The Morgan fingerprint density at radius 3 is 2.76 bits per heavy atom. The second kappa shape index (κ2) is 7.78. The summed E-state index contributed by atoms with van der Waals surface area (Å²) >= 11 is 1.53. The molecule has 0 atom stereocenters. The van der Waals surface area contributed by atoms with Crippen molar-refractivity contribution >= 4 is 22.4 Å². The normalized spacial score (nSPS) is 10.6. The summed E-state index contributed by atoms with van der Waals surface area (Å²) in [7, 11) is 0. The first-order valence-electron chi connectivity index (χ1n) is 7.08. The van der Waals surface area contributed by atoms with Crippen LogP contribution in [0.5, 0.6) is 5.75 Å². The number of anilines is 1. The van der Waals surface area contributed by atoms with Crippen molar-refractivity contribution in [1.82, 2.24) is 4.98 Å². The molecule has 1 amide bonds. The quantitative estimate of drug-likeness (QED) is 0.785. The van der Waals surface area contributed by atoms with Crippen molar-refractivity contribution in [1.29, 1.82) is 0 Å². The van der Waals surface area contributed by atoms with E-state index in [1.54, 1.807) is 0 Å². The number of para-hydroxylation sites is 1. The van der Waals surface area contributed by atoms with E-state index in [-0.39, 0.29) is 5.91 Å².